The number of nitriles is 1. The fourth-order valence-electron chi connectivity index (χ4n) is 1.38. The van der Waals surface area contributed by atoms with Crippen molar-refractivity contribution in [3.05, 3.63) is 23.2 Å². The third-order valence-electron chi connectivity index (χ3n) is 2.26. The standard InChI is InChI=1S/C12H15ClN2O3/c1-17-12-3-2-10(8-11(12)13)15(9-14)4-6-18-7-5-16/h2-3,8,16H,4-7H2,1H3. The number of halogens is 1. The molecule has 0 saturated heterocycles. The van der Waals surface area contributed by atoms with E-state index in [0.29, 0.717) is 29.6 Å². The van der Waals surface area contributed by atoms with Crippen LogP contribution in [0.2, 0.25) is 5.02 Å². The van der Waals surface area contributed by atoms with Gasteiger partial charge < -0.3 is 14.6 Å². The van der Waals surface area contributed by atoms with Crippen LogP contribution in [0, 0.1) is 11.5 Å². The van der Waals surface area contributed by atoms with E-state index in [-0.39, 0.29) is 13.2 Å². The first kappa shape index (κ1) is 14.6. The zero-order chi connectivity index (χ0) is 13.4. The molecule has 0 spiro atoms. The highest BCUT2D eigenvalue weighted by Gasteiger charge is 2.08. The SMILES string of the molecule is COc1ccc(N(C#N)CCOCCO)cc1Cl. The number of nitrogens with zero attached hydrogens (tertiary/aromatic N) is 2. The summed E-state index contributed by atoms with van der Waals surface area (Å²) in [6.45, 7) is 1.00. The maximum atomic E-state index is 9.05. The second-order valence-electron chi connectivity index (χ2n) is 3.41. The van der Waals surface area contributed by atoms with Gasteiger partial charge in [0.2, 0.25) is 0 Å². The first-order valence-electron chi connectivity index (χ1n) is 5.42. The molecule has 0 aliphatic carbocycles. The number of ether oxygens (including phenoxy) is 2. The maximum Gasteiger partial charge on any atom is 0.184 e. The van der Waals surface area contributed by atoms with Crippen LogP contribution in [0.3, 0.4) is 0 Å². The Hall–Kier alpha value is -1.48. The summed E-state index contributed by atoms with van der Waals surface area (Å²) in [5.74, 6) is 0.565. The van der Waals surface area contributed by atoms with Crippen molar-refractivity contribution < 1.29 is 14.6 Å². The summed E-state index contributed by atoms with van der Waals surface area (Å²) in [4.78, 5) is 1.46. The molecule has 1 rings (SSSR count). The van der Waals surface area contributed by atoms with E-state index in [2.05, 4.69) is 6.19 Å². The molecule has 98 valence electrons. The van der Waals surface area contributed by atoms with E-state index in [4.69, 9.17) is 31.4 Å². The molecule has 5 nitrogen and oxygen atoms in total. The van der Waals surface area contributed by atoms with Gasteiger partial charge >= 0.3 is 0 Å². The lowest BCUT2D eigenvalue weighted by Crippen LogP contribution is -2.22. The third kappa shape index (κ3) is 4.08. The second-order valence-corrected chi connectivity index (χ2v) is 3.81. The highest BCUT2D eigenvalue weighted by atomic mass is 35.5. The molecule has 0 amide bonds. The van der Waals surface area contributed by atoms with Crippen molar-refractivity contribution in [1.82, 2.24) is 0 Å². The molecule has 6 heteroatoms. The van der Waals surface area contributed by atoms with E-state index in [9.17, 15) is 0 Å². The van der Waals surface area contributed by atoms with Gasteiger partial charge in [0.05, 0.1) is 44.2 Å². The number of benzene rings is 1. The van der Waals surface area contributed by atoms with Gasteiger partial charge in [-0.1, -0.05) is 11.6 Å². The molecule has 1 N–H and O–H groups in total. The summed E-state index contributed by atoms with van der Waals surface area (Å²) in [5, 5.41) is 18.1. The van der Waals surface area contributed by atoms with Crippen molar-refractivity contribution in [1.29, 1.82) is 5.26 Å². The van der Waals surface area contributed by atoms with E-state index in [0.717, 1.165) is 0 Å². The number of methoxy groups -OCH3 is 1. The van der Waals surface area contributed by atoms with Crippen LogP contribution in [-0.4, -0.2) is 38.6 Å². The molecule has 0 radical (unpaired) electrons. The quantitative estimate of drug-likeness (QED) is 0.464. The van der Waals surface area contributed by atoms with Gasteiger partial charge in [0, 0.05) is 0 Å². The van der Waals surface area contributed by atoms with E-state index >= 15 is 0 Å². The van der Waals surface area contributed by atoms with Crippen molar-refractivity contribution in [2.45, 2.75) is 0 Å². The van der Waals surface area contributed by atoms with Crippen molar-refractivity contribution >= 4 is 17.3 Å². The Morgan fingerprint density at radius 3 is 2.78 bits per heavy atom. The van der Waals surface area contributed by atoms with E-state index in [1.807, 2.05) is 0 Å². The normalized spacial score (nSPS) is 9.89. The van der Waals surface area contributed by atoms with Gasteiger partial charge in [-0.25, -0.2) is 0 Å². The molecule has 0 heterocycles. The Kier molecular flexibility index (Phi) is 6.29. The first-order valence-corrected chi connectivity index (χ1v) is 5.80. The molecule has 1 aromatic carbocycles. The highest BCUT2D eigenvalue weighted by Crippen LogP contribution is 2.28. The smallest absolute Gasteiger partial charge is 0.184 e. The van der Waals surface area contributed by atoms with Crippen molar-refractivity contribution in [3.63, 3.8) is 0 Å². The number of hydrogen-bond acceptors (Lipinski definition) is 5. The molecular formula is C12H15ClN2O3. The Morgan fingerprint density at radius 1 is 1.44 bits per heavy atom. The highest BCUT2D eigenvalue weighted by molar-refractivity contribution is 6.32. The lowest BCUT2D eigenvalue weighted by atomic mass is 10.3. The van der Waals surface area contributed by atoms with Crippen LogP contribution in [0.1, 0.15) is 0 Å². The Balaban J connectivity index is 2.65. The summed E-state index contributed by atoms with van der Waals surface area (Å²) in [7, 11) is 1.53. The summed E-state index contributed by atoms with van der Waals surface area (Å²) < 4.78 is 10.2. The van der Waals surface area contributed by atoms with Crippen LogP contribution in [0.4, 0.5) is 5.69 Å². The van der Waals surface area contributed by atoms with Gasteiger partial charge in [-0.2, -0.15) is 5.26 Å². The molecule has 0 aliphatic heterocycles. The van der Waals surface area contributed by atoms with Crippen LogP contribution in [-0.2, 0) is 4.74 Å². The zero-order valence-corrected chi connectivity index (χ0v) is 10.9. The molecule has 0 unspecified atom stereocenters. The van der Waals surface area contributed by atoms with Gasteiger partial charge in [0.15, 0.2) is 6.19 Å². The molecule has 0 atom stereocenters. The predicted molar refractivity (Wildman–Crippen MR) is 68.9 cm³/mol. The summed E-state index contributed by atoms with van der Waals surface area (Å²) in [6, 6.07) is 5.12. The van der Waals surface area contributed by atoms with Gasteiger partial charge in [-0.3, -0.25) is 4.90 Å². The number of rotatable bonds is 7. The number of aliphatic hydroxyl groups excluding tert-OH is 1. The maximum absolute atomic E-state index is 9.05. The summed E-state index contributed by atoms with van der Waals surface area (Å²) in [5.41, 5.74) is 0.677. The molecule has 18 heavy (non-hydrogen) atoms. The minimum atomic E-state index is -0.0269. The minimum absolute atomic E-state index is 0.0269. The van der Waals surface area contributed by atoms with E-state index in [1.54, 1.807) is 18.2 Å². The molecule has 0 saturated carbocycles. The van der Waals surface area contributed by atoms with Crippen LogP contribution >= 0.6 is 11.6 Å². The average Bonchev–Trinajstić information content (AvgIpc) is 2.39. The predicted octanol–water partition coefficient (Wildman–Crippen LogP) is 1.64. The number of aliphatic hydroxyl groups is 1. The molecular weight excluding hydrogens is 256 g/mol. The minimum Gasteiger partial charge on any atom is -0.495 e. The number of anilines is 1. The van der Waals surface area contributed by atoms with Crippen LogP contribution in [0.25, 0.3) is 0 Å². The second kappa shape index (κ2) is 7.77. The molecule has 0 fully saturated rings. The largest absolute Gasteiger partial charge is 0.495 e. The molecule has 0 aliphatic rings. The summed E-state index contributed by atoms with van der Waals surface area (Å²) >= 11 is 5.99. The van der Waals surface area contributed by atoms with Crippen molar-refractivity contribution in [2.24, 2.45) is 0 Å². The van der Waals surface area contributed by atoms with Crippen LogP contribution < -0.4 is 9.64 Å². The third-order valence-corrected chi connectivity index (χ3v) is 2.56. The van der Waals surface area contributed by atoms with Crippen molar-refractivity contribution in [3.8, 4) is 11.9 Å². The fourth-order valence-corrected chi connectivity index (χ4v) is 1.63. The van der Waals surface area contributed by atoms with E-state index in [1.165, 1.54) is 12.0 Å². The van der Waals surface area contributed by atoms with Gasteiger partial charge in [0.25, 0.3) is 0 Å². The summed E-state index contributed by atoms with van der Waals surface area (Å²) in [6.07, 6.45) is 2.05. The first-order chi connectivity index (χ1) is 8.72. The van der Waals surface area contributed by atoms with Crippen LogP contribution in [0.5, 0.6) is 5.75 Å². The topological polar surface area (TPSA) is 65.7 Å². The molecule has 0 aromatic heterocycles. The lowest BCUT2D eigenvalue weighted by molar-refractivity contribution is 0.0976. The zero-order valence-electron chi connectivity index (χ0n) is 10.1. The number of hydrogen-bond donors (Lipinski definition) is 1. The van der Waals surface area contributed by atoms with Gasteiger partial charge in [-0.05, 0) is 18.2 Å². The van der Waals surface area contributed by atoms with Crippen molar-refractivity contribution in [2.75, 3.05) is 38.4 Å². The Morgan fingerprint density at radius 2 is 2.22 bits per heavy atom. The molecule has 1 aromatic rings. The lowest BCUT2D eigenvalue weighted by Gasteiger charge is -2.16. The molecule has 0 bridgehead atoms. The van der Waals surface area contributed by atoms with Gasteiger partial charge in [0.1, 0.15) is 5.75 Å². The van der Waals surface area contributed by atoms with Crippen LogP contribution in [0.15, 0.2) is 18.2 Å². The Labute approximate surface area is 111 Å². The van der Waals surface area contributed by atoms with E-state index < -0.39 is 0 Å². The average molecular weight is 271 g/mol. The van der Waals surface area contributed by atoms with Gasteiger partial charge in [-0.15, -0.1) is 0 Å². The fraction of sp³-hybridized carbons (Fsp3) is 0.417. The Bertz CT molecular complexity index is 420. The monoisotopic (exact) mass is 270 g/mol.